The molecule has 0 bridgehead atoms. The Morgan fingerprint density at radius 3 is 2.33 bits per heavy atom. The second kappa shape index (κ2) is 2.24. The van der Waals surface area contributed by atoms with Crippen LogP contribution in [0.25, 0.3) is 0 Å². The van der Waals surface area contributed by atoms with Gasteiger partial charge in [0, 0.05) is 6.42 Å². The Labute approximate surface area is 54.3 Å². The van der Waals surface area contributed by atoms with Crippen molar-refractivity contribution in [1.29, 1.82) is 0 Å². The smallest absolute Gasteiger partial charge is 0.211 e. The van der Waals surface area contributed by atoms with Gasteiger partial charge in [0.25, 0.3) is 0 Å². The number of hydrogen-bond acceptors (Lipinski definition) is 0. The zero-order chi connectivity index (χ0) is 6.91. The van der Waals surface area contributed by atoms with Gasteiger partial charge in [-0.2, -0.15) is 0 Å². The van der Waals surface area contributed by atoms with Crippen molar-refractivity contribution in [3.63, 3.8) is 0 Å². The quantitative estimate of drug-likeness (QED) is 0.556. The van der Waals surface area contributed by atoms with Crippen LogP contribution in [0.4, 0.5) is 8.78 Å². The van der Waals surface area contributed by atoms with Gasteiger partial charge in [0.05, 0.1) is 0 Å². The van der Waals surface area contributed by atoms with E-state index in [4.69, 9.17) is 0 Å². The Morgan fingerprint density at radius 2 is 2.00 bits per heavy atom. The third kappa shape index (κ3) is 2.29. The molecule has 1 fully saturated rings. The average Bonchev–Trinajstić information content (AvgIpc) is 2.45. The maximum absolute atomic E-state index is 11.6. The summed E-state index contributed by atoms with van der Waals surface area (Å²) < 4.78 is 23.2. The summed E-state index contributed by atoms with van der Waals surface area (Å²) in [5.74, 6) is 0. The molecule has 0 unspecified atom stereocenters. The third-order valence-corrected chi connectivity index (χ3v) is 2.07. The molecule has 0 amide bonds. The van der Waals surface area contributed by atoms with E-state index in [0.29, 0.717) is 11.8 Å². The van der Waals surface area contributed by atoms with Crippen molar-refractivity contribution in [2.45, 2.75) is 39.0 Å². The zero-order valence-electron chi connectivity index (χ0n) is 5.66. The van der Waals surface area contributed by atoms with E-state index in [1.54, 1.807) is 0 Å². The van der Waals surface area contributed by atoms with Crippen molar-refractivity contribution in [3.05, 3.63) is 0 Å². The standard InChI is InChI=1S/C7H12F2/c1-7(4-5-7)3-2-6(8)9/h6H,2-5H2,1H3. The van der Waals surface area contributed by atoms with Crippen LogP contribution in [-0.2, 0) is 0 Å². The second-order valence-electron chi connectivity index (χ2n) is 3.24. The second-order valence-corrected chi connectivity index (χ2v) is 3.24. The molecule has 9 heavy (non-hydrogen) atoms. The van der Waals surface area contributed by atoms with Gasteiger partial charge in [-0.05, 0) is 24.7 Å². The minimum absolute atomic E-state index is 0.0938. The summed E-state index contributed by atoms with van der Waals surface area (Å²) in [6.07, 6.45) is 1.02. The topological polar surface area (TPSA) is 0 Å². The highest BCUT2D eigenvalue weighted by molar-refractivity contribution is 4.87. The Balaban J connectivity index is 2.05. The average molecular weight is 134 g/mol. The van der Waals surface area contributed by atoms with E-state index >= 15 is 0 Å². The van der Waals surface area contributed by atoms with E-state index in [0.717, 1.165) is 12.8 Å². The Hall–Kier alpha value is -0.140. The SMILES string of the molecule is CC1(CCC(F)F)CC1. The number of alkyl halides is 2. The van der Waals surface area contributed by atoms with Crippen LogP contribution >= 0.6 is 0 Å². The highest BCUT2D eigenvalue weighted by atomic mass is 19.3. The molecule has 1 saturated carbocycles. The van der Waals surface area contributed by atoms with Crippen molar-refractivity contribution in [2.24, 2.45) is 5.41 Å². The molecule has 0 heterocycles. The first kappa shape index (κ1) is 6.97. The van der Waals surface area contributed by atoms with Crippen LogP contribution < -0.4 is 0 Å². The molecule has 0 radical (unpaired) electrons. The normalized spacial score (nSPS) is 22.7. The summed E-state index contributed by atoms with van der Waals surface area (Å²) >= 11 is 0. The van der Waals surface area contributed by atoms with Crippen molar-refractivity contribution in [2.75, 3.05) is 0 Å². The van der Waals surface area contributed by atoms with E-state index in [1.165, 1.54) is 0 Å². The molecule has 0 nitrogen and oxygen atoms in total. The minimum atomic E-state index is -2.09. The monoisotopic (exact) mass is 134 g/mol. The van der Waals surface area contributed by atoms with Crippen LogP contribution in [0.3, 0.4) is 0 Å². The summed E-state index contributed by atoms with van der Waals surface area (Å²) in [5.41, 5.74) is 0.302. The molecule has 0 spiro atoms. The highest BCUT2D eigenvalue weighted by Crippen LogP contribution is 2.49. The first-order valence-electron chi connectivity index (χ1n) is 3.41. The lowest BCUT2D eigenvalue weighted by molar-refractivity contribution is 0.127. The first-order chi connectivity index (χ1) is 4.12. The maximum atomic E-state index is 11.6. The molecule has 0 atom stereocenters. The summed E-state index contributed by atoms with van der Waals surface area (Å²) in [7, 11) is 0. The molecule has 0 aromatic heterocycles. The lowest BCUT2D eigenvalue weighted by atomic mass is 10.0. The molecule has 54 valence electrons. The largest absolute Gasteiger partial charge is 0.238 e. The number of hydrogen-bond donors (Lipinski definition) is 0. The van der Waals surface area contributed by atoms with Gasteiger partial charge in [0.15, 0.2) is 0 Å². The van der Waals surface area contributed by atoms with Gasteiger partial charge < -0.3 is 0 Å². The first-order valence-corrected chi connectivity index (χ1v) is 3.41. The molecule has 2 heteroatoms. The van der Waals surface area contributed by atoms with Gasteiger partial charge in [0.1, 0.15) is 0 Å². The maximum Gasteiger partial charge on any atom is 0.238 e. The van der Waals surface area contributed by atoms with E-state index in [1.807, 2.05) is 0 Å². The molecule has 0 N–H and O–H groups in total. The highest BCUT2D eigenvalue weighted by Gasteiger charge is 2.36. The van der Waals surface area contributed by atoms with Crippen molar-refractivity contribution in [1.82, 2.24) is 0 Å². The molecule has 1 aliphatic rings. The molecular weight excluding hydrogens is 122 g/mol. The van der Waals surface area contributed by atoms with Crippen LogP contribution in [-0.4, -0.2) is 6.43 Å². The molecule has 0 aliphatic heterocycles. The van der Waals surface area contributed by atoms with Gasteiger partial charge in [-0.15, -0.1) is 0 Å². The van der Waals surface area contributed by atoms with Crippen molar-refractivity contribution < 1.29 is 8.78 Å². The fourth-order valence-electron chi connectivity index (χ4n) is 0.921. The fraction of sp³-hybridized carbons (Fsp3) is 1.00. The predicted molar refractivity (Wildman–Crippen MR) is 32.6 cm³/mol. The van der Waals surface area contributed by atoms with E-state index in [9.17, 15) is 8.78 Å². The van der Waals surface area contributed by atoms with Crippen LogP contribution in [0.5, 0.6) is 0 Å². The molecule has 0 aromatic rings. The number of rotatable bonds is 3. The summed E-state index contributed by atoms with van der Waals surface area (Å²) in [5, 5.41) is 0. The minimum Gasteiger partial charge on any atom is -0.211 e. The lowest BCUT2D eigenvalue weighted by Crippen LogP contribution is -1.97. The van der Waals surface area contributed by atoms with Crippen molar-refractivity contribution in [3.8, 4) is 0 Å². The molecule has 0 aromatic carbocycles. The summed E-state index contributed by atoms with van der Waals surface area (Å²) in [6, 6.07) is 0. The lowest BCUT2D eigenvalue weighted by Gasteiger charge is -2.05. The van der Waals surface area contributed by atoms with Gasteiger partial charge >= 0.3 is 0 Å². The summed E-state index contributed by atoms with van der Waals surface area (Å²) in [4.78, 5) is 0. The van der Waals surface area contributed by atoms with E-state index in [2.05, 4.69) is 6.92 Å². The fourth-order valence-corrected chi connectivity index (χ4v) is 0.921. The van der Waals surface area contributed by atoms with Gasteiger partial charge in [-0.3, -0.25) is 0 Å². The van der Waals surface area contributed by atoms with E-state index < -0.39 is 6.43 Å². The molecule has 0 saturated heterocycles. The Morgan fingerprint density at radius 1 is 1.44 bits per heavy atom. The van der Waals surface area contributed by atoms with Crippen LogP contribution in [0.1, 0.15) is 32.6 Å². The zero-order valence-corrected chi connectivity index (χ0v) is 5.66. The van der Waals surface area contributed by atoms with Crippen LogP contribution in [0, 0.1) is 5.41 Å². The predicted octanol–water partition coefficient (Wildman–Crippen LogP) is 2.83. The van der Waals surface area contributed by atoms with Gasteiger partial charge in [0.2, 0.25) is 6.43 Å². The van der Waals surface area contributed by atoms with Gasteiger partial charge in [-0.25, -0.2) is 8.78 Å². The van der Waals surface area contributed by atoms with Crippen molar-refractivity contribution >= 4 is 0 Å². The van der Waals surface area contributed by atoms with Crippen LogP contribution in [0.15, 0.2) is 0 Å². The number of halogens is 2. The Kier molecular flexibility index (Phi) is 1.73. The third-order valence-electron chi connectivity index (χ3n) is 2.07. The summed E-state index contributed by atoms with van der Waals surface area (Å²) in [6.45, 7) is 2.08. The van der Waals surface area contributed by atoms with Crippen LogP contribution in [0.2, 0.25) is 0 Å². The van der Waals surface area contributed by atoms with E-state index in [-0.39, 0.29) is 6.42 Å². The molecule has 1 rings (SSSR count). The molecular formula is C7H12F2. The Bertz CT molecular complexity index is 95.1. The van der Waals surface area contributed by atoms with Gasteiger partial charge in [-0.1, -0.05) is 6.92 Å². The molecule has 1 aliphatic carbocycles.